The second kappa shape index (κ2) is 8.28. The molecular formula is C25H23ClN2O4. The number of hydrazone groups is 1. The zero-order chi connectivity index (χ0) is 22.2. The Morgan fingerprint density at radius 2 is 1.78 bits per heavy atom. The van der Waals surface area contributed by atoms with Gasteiger partial charge in [0.15, 0.2) is 11.5 Å². The highest BCUT2D eigenvalue weighted by Gasteiger charge is 2.41. The van der Waals surface area contributed by atoms with Gasteiger partial charge < -0.3 is 18.9 Å². The third-order valence-corrected chi connectivity index (χ3v) is 6.08. The van der Waals surface area contributed by atoms with Gasteiger partial charge in [-0.05, 0) is 48.5 Å². The van der Waals surface area contributed by atoms with Crippen LogP contribution in [-0.4, -0.2) is 32.0 Å². The largest absolute Gasteiger partial charge is 0.497 e. The smallest absolute Gasteiger partial charge is 0.214 e. The molecular weight excluding hydrogens is 428 g/mol. The number of hydrogen-bond acceptors (Lipinski definition) is 6. The van der Waals surface area contributed by atoms with Crippen molar-refractivity contribution in [3.05, 3.63) is 82.4 Å². The highest BCUT2D eigenvalue weighted by Crippen LogP contribution is 2.48. The first-order valence-corrected chi connectivity index (χ1v) is 10.7. The number of benzene rings is 3. The molecule has 0 bridgehead atoms. The molecule has 0 aliphatic carbocycles. The predicted molar refractivity (Wildman–Crippen MR) is 123 cm³/mol. The van der Waals surface area contributed by atoms with Crippen LogP contribution in [0.3, 0.4) is 0 Å². The van der Waals surface area contributed by atoms with Crippen molar-refractivity contribution in [2.45, 2.75) is 18.7 Å². The summed E-state index contributed by atoms with van der Waals surface area (Å²) < 4.78 is 22.7. The van der Waals surface area contributed by atoms with Crippen LogP contribution in [0.4, 0.5) is 0 Å². The highest BCUT2D eigenvalue weighted by atomic mass is 35.5. The first kappa shape index (κ1) is 20.5. The van der Waals surface area contributed by atoms with Crippen molar-refractivity contribution in [2.24, 2.45) is 5.10 Å². The first-order valence-electron chi connectivity index (χ1n) is 10.3. The molecule has 2 aliphatic rings. The van der Waals surface area contributed by atoms with Gasteiger partial charge in [0.05, 0.1) is 33.1 Å². The van der Waals surface area contributed by atoms with Crippen molar-refractivity contribution in [2.75, 3.05) is 21.3 Å². The second-order valence-corrected chi connectivity index (χ2v) is 8.08. The van der Waals surface area contributed by atoms with Crippen LogP contribution in [0.5, 0.6) is 23.0 Å². The fraction of sp³-hybridized carbons (Fsp3) is 0.240. The van der Waals surface area contributed by atoms with Crippen LogP contribution in [0.1, 0.15) is 35.4 Å². The summed E-state index contributed by atoms with van der Waals surface area (Å²) in [6, 6.07) is 19.5. The van der Waals surface area contributed by atoms with Gasteiger partial charge in [0, 0.05) is 28.1 Å². The third-order valence-electron chi connectivity index (χ3n) is 5.85. The fourth-order valence-corrected chi connectivity index (χ4v) is 4.44. The van der Waals surface area contributed by atoms with Gasteiger partial charge in [0.1, 0.15) is 11.5 Å². The highest BCUT2D eigenvalue weighted by molar-refractivity contribution is 6.30. The zero-order valence-corrected chi connectivity index (χ0v) is 18.8. The predicted octanol–water partition coefficient (Wildman–Crippen LogP) is 5.61. The zero-order valence-electron chi connectivity index (χ0n) is 18.0. The van der Waals surface area contributed by atoms with Crippen molar-refractivity contribution in [1.29, 1.82) is 0 Å². The molecule has 7 heteroatoms. The number of halogens is 1. The molecule has 0 N–H and O–H groups in total. The standard InChI is InChI=1S/C25H23ClN2O4/c1-29-18-6-4-5-16(11-18)25-28-21(19-13-17(26)8-10-22(19)32-25)14-20(27-28)15-7-9-23(30-2)24(12-15)31-3/h4-13,21,25H,14H2,1-3H3/t21-,25+/m0/s1. The maximum Gasteiger partial charge on any atom is 0.214 e. The molecule has 0 radical (unpaired) electrons. The van der Waals surface area contributed by atoms with Crippen LogP contribution in [0.2, 0.25) is 5.02 Å². The van der Waals surface area contributed by atoms with E-state index in [0.717, 1.165) is 33.9 Å². The number of ether oxygens (including phenoxy) is 4. The number of nitrogens with zero attached hydrogens (tertiary/aromatic N) is 2. The van der Waals surface area contributed by atoms with Gasteiger partial charge in [0.2, 0.25) is 6.23 Å². The number of hydrogen-bond donors (Lipinski definition) is 0. The Hall–Kier alpha value is -3.38. The SMILES string of the molecule is COc1cccc([C@H]2Oc3ccc(Cl)cc3[C@@H]3CC(c4ccc(OC)c(OC)c4)=NN23)c1. The van der Waals surface area contributed by atoms with E-state index in [-0.39, 0.29) is 12.3 Å². The number of fused-ring (bicyclic) bond motifs is 3. The Labute approximate surface area is 191 Å². The van der Waals surface area contributed by atoms with E-state index in [1.165, 1.54) is 0 Å². The fourth-order valence-electron chi connectivity index (χ4n) is 4.26. The minimum atomic E-state index is -0.388. The Kier molecular flexibility index (Phi) is 5.31. The number of methoxy groups -OCH3 is 3. The van der Waals surface area contributed by atoms with Gasteiger partial charge in [-0.2, -0.15) is 5.10 Å². The van der Waals surface area contributed by atoms with Gasteiger partial charge >= 0.3 is 0 Å². The molecule has 5 rings (SSSR count). The molecule has 2 heterocycles. The van der Waals surface area contributed by atoms with E-state index < -0.39 is 0 Å². The van der Waals surface area contributed by atoms with Crippen LogP contribution < -0.4 is 18.9 Å². The van der Waals surface area contributed by atoms with E-state index in [4.69, 9.17) is 35.6 Å². The minimum absolute atomic E-state index is 0.00301. The van der Waals surface area contributed by atoms with Crippen molar-refractivity contribution >= 4 is 17.3 Å². The van der Waals surface area contributed by atoms with Crippen molar-refractivity contribution in [1.82, 2.24) is 5.01 Å². The van der Waals surface area contributed by atoms with Crippen LogP contribution in [0, 0.1) is 0 Å². The van der Waals surface area contributed by atoms with E-state index in [2.05, 4.69) is 0 Å². The summed E-state index contributed by atoms with van der Waals surface area (Å²) in [4.78, 5) is 0. The average Bonchev–Trinajstić information content (AvgIpc) is 3.29. The average molecular weight is 451 g/mol. The van der Waals surface area contributed by atoms with Crippen LogP contribution in [-0.2, 0) is 0 Å². The van der Waals surface area contributed by atoms with Crippen molar-refractivity contribution < 1.29 is 18.9 Å². The minimum Gasteiger partial charge on any atom is -0.497 e. The Morgan fingerprint density at radius 3 is 2.56 bits per heavy atom. The Morgan fingerprint density at radius 1 is 0.938 bits per heavy atom. The molecule has 3 aromatic carbocycles. The van der Waals surface area contributed by atoms with Crippen LogP contribution in [0.25, 0.3) is 0 Å². The molecule has 32 heavy (non-hydrogen) atoms. The summed E-state index contributed by atoms with van der Waals surface area (Å²) >= 11 is 6.33. The monoisotopic (exact) mass is 450 g/mol. The summed E-state index contributed by atoms with van der Waals surface area (Å²) in [5.41, 5.74) is 3.91. The molecule has 0 fully saturated rings. The molecule has 0 spiro atoms. The lowest BCUT2D eigenvalue weighted by Crippen LogP contribution is -2.33. The normalized spacial score (nSPS) is 18.9. The molecule has 0 unspecified atom stereocenters. The molecule has 0 aromatic heterocycles. The maximum atomic E-state index is 6.41. The summed E-state index contributed by atoms with van der Waals surface area (Å²) in [7, 11) is 4.91. The first-order chi connectivity index (χ1) is 15.6. The molecule has 3 aromatic rings. The van der Waals surface area contributed by atoms with Gasteiger partial charge in [-0.25, -0.2) is 5.01 Å². The van der Waals surface area contributed by atoms with Crippen LogP contribution in [0.15, 0.2) is 65.8 Å². The van der Waals surface area contributed by atoms with Crippen LogP contribution >= 0.6 is 11.6 Å². The molecule has 164 valence electrons. The third kappa shape index (κ3) is 3.50. The second-order valence-electron chi connectivity index (χ2n) is 7.65. The molecule has 0 amide bonds. The summed E-state index contributed by atoms with van der Waals surface area (Å²) in [5, 5.41) is 7.68. The number of rotatable bonds is 5. The quantitative estimate of drug-likeness (QED) is 0.505. The summed E-state index contributed by atoms with van der Waals surface area (Å²) in [6.07, 6.45) is 0.327. The Balaban J connectivity index is 1.59. The lowest BCUT2D eigenvalue weighted by molar-refractivity contribution is -0.0191. The van der Waals surface area contributed by atoms with Gasteiger partial charge in [-0.15, -0.1) is 0 Å². The molecule has 2 aliphatic heterocycles. The lowest BCUT2D eigenvalue weighted by Gasteiger charge is -2.38. The van der Waals surface area contributed by atoms with Gasteiger partial charge in [0.25, 0.3) is 0 Å². The summed E-state index contributed by atoms with van der Waals surface area (Å²) in [5.74, 6) is 2.93. The van der Waals surface area contributed by atoms with Crippen molar-refractivity contribution in [3.63, 3.8) is 0 Å². The lowest BCUT2D eigenvalue weighted by atomic mass is 9.95. The topological polar surface area (TPSA) is 52.5 Å². The van der Waals surface area contributed by atoms with Crippen molar-refractivity contribution in [3.8, 4) is 23.0 Å². The maximum absolute atomic E-state index is 6.41. The van der Waals surface area contributed by atoms with E-state index >= 15 is 0 Å². The molecule has 0 saturated heterocycles. The van der Waals surface area contributed by atoms with E-state index in [1.54, 1.807) is 21.3 Å². The van der Waals surface area contributed by atoms with E-state index in [1.807, 2.05) is 65.7 Å². The molecule has 6 nitrogen and oxygen atoms in total. The molecule has 0 saturated carbocycles. The van der Waals surface area contributed by atoms with Gasteiger partial charge in [-0.3, -0.25) is 0 Å². The molecule has 2 atom stereocenters. The van der Waals surface area contributed by atoms with E-state index in [9.17, 15) is 0 Å². The summed E-state index contributed by atoms with van der Waals surface area (Å²) in [6.45, 7) is 0. The van der Waals surface area contributed by atoms with E-state index in [0.29, 0.717) is 22.9 Å². The van der Waals surface area contributed by atoms with Gasteiger partial charge in [-0.1, -0.05) is 23.7 Å². The Bertz CT molecular complexity index is 1200.